The van der Waals surface area contributed by atoms with E-state index in [1.165, 1.54) is 30.8 Å². The number of halogens is 2. The fourth-order valence-electron chi connectivity index (χ4n) is 1.02. The maximum Gasteiger partial charge on any atom is 0.302 e. The summed E-state index contributed by atoms with van der Waals surface area (Å²) in [6.45, 7) is 1.19. The highest BCUT2D eigenvalue weighted by Crippen LogP contribution is 2.28. The van der Waals surface area contributed by atoms with Gasteiger partial charge in [0.1, 0.15) is 12.4 Å². The lowest BCUT2D eigenvalue weighted by Gasteiger charge is -2.07. The summed E-state index contributed by atoms with van der Waals surface area (Å²) in [4.78, 5) is 11.2. The Morgan fingerprint density at radius 3 is 2.80 bits per heavy atom. The number of ether oxygens (including phenoxy) is 1. The van der Waals surface area contributed by atoms with Gasteiger partial charge in [0.05, 0.1) is 5.02 Å². The van der Waals surface area contributed by atoms with Crippen LogP contribution in [0.5, 0.6) is 0 Å². The van der Waals surface area contributed by atoms with Crippen LogP contribution >= 0.6 is 23.4 Å². The van der Waals surface area contributed by atoms with E-state index in [0.29, 0.717) is 9.92 Å². The van der Waals surface area contributed by atoms with E-state index in [2.05, 4.69) is 0 Å². The highest BCUT2D eigenvalue weighted by Gasteiger charge is 2.09. The van der Waals surface area contributed by atoms with Crippen LogP contribution in [0.2, 0.25) is 5.02 Å². The van der Waals surface area contributed by atoms with Gasteiger partial charge in [-0.15, -0.1) is 11.8 Å². The number of hydrogen-bond acceptors (Lipinski definition) is 3. The van der Waals surface area contributed by atoms with Crippen molar-refractivity contribution in [2.45, 2.75) is 18.4 Å². The molecule has 0 aromatic heterocycles. The number of benzene rings is 1. The van der Waals surface area contributed by atoms with Crippen LogP contribution in [0, 0.1) is 5.82 Å². The molecule has 0 heterocycles. The Morgan fingerprint density at radius 1 is 1.60 bits per heavy atom. The topological polar surface area (TPSA) is 26.3 Å². The standard InChI is InChI=1S/C10H10ClFO2S/c1-6(13)14-5-7-3-8(11)10(15-2)4-9(7)12/h3-4H,5H2,1-2H3. The molecule has 5 heteroatoms. The third-order valence-corrected chi connectivity index (χ3v) is 2.95. The Balaban J connectivity index is 2.90. The zero-order valence-corrected chi connectivity index (χ0v) is 9.91. The van der Waals surface area contributed by atoms with E-state index in [9.17, 15) is 9.18 Å². The van der Waals surface area contributed by atoms with Gasteiger partial charge in [0.15, 0.2) is 0 Å². The van der Waals surface area contributed by atoms with Crippen molar-refractivity contribution in [2.24, 2.45) is 0 Å². The van der Waals surface area contributed by atoms with E-state index >= 15 is 0 Å². The van der Waals surface area contributed by atoms with Crippen molar-refractivity contribution in [1.82, 2.24) is 0 Å². The summed E-state index contributed by atoms with van der Waals surface area (Å²) in [6.07, 6.45) is 1.81. The highest BCUT2D eigenvalue weighted by molar-refractivity contribution is 7.98. The van der Waals surface area contributed by atoms with Crippen LogP contribution in [0.4, 0.5) is 4.39 Å². The number of rotatable bonds is 3. The molecule has 0 aliphatic rings. The summed E-state index contributed by atoms with van der Waals surface area (Å²) in [5.74, 6) is -0.857. The molecule has 0 radical (unpaired) electrons. The minimum Gasteiger partial charge on any atom is -0.461 e. The van der Waals surface area contributed by atoms with Crippen molar-refractivity contribution in [1.29, 1.82) is 0 Å². The summed E-state index contributed by atoms with van der Waals surface area (Å²) in [6, 6.07) is 2.82. The lowest BCUT2D eigenvalue weighted by atomic mass is 10.2. The van der Waals surface area contributed by atoms with E-state index in [1.54, 1.807) is 0 Å². The molecule has 0 aliphatic carbocycles. The number of esters is 1. The molecule has 0 atom stereocenters. The molecule has 0 N–H and O–H groups in total. The van der Waals surface area contributed by atoms with Crippen LogP contribution in [0.25, 0.3) is 0 Å². The van der Waals surface area contributed by atoms with Crippen LogP contribution < -0.4 is 0 Å². The molecule has 2 nitrogen and oxygen atoms in total. The lowest BCUT2D eigenvalue weighted by molar-refractivity contribution is -0.142. The summed E-state index contributed by atoms with van der Waals surface area (Å²) in [7, 11) is 0. The number of carbonyl (C=O) groups excluding carboxylic acids is 1. The summed E-state index contributed by atoms with van der Waals surface area (Å²) in [5.41, 5.74) is 0.285. The highest BCUT2D eigenvalue weighted by atomic mass is 35.5. The largest absolute Gasteiger partial charge is 0.461 e. The van der Waals surface area contributed by atoms with Crippen molar-refractivity contribution in [3.05, 3.63) is 28.5 Å². The first kappa shape index (κ1) is 12.3. The molecule has 82 valence electrons. The van der Waals surface area contributed by atoms with Crippen molar-refractivity contribution in [3.63, 3.8) is 0 Å². The van der Waals surface area contributed by atoms with Gasteiger partial charge < -0.3 is 4.74 Å². The minimum absolute atomic E-state index is 0.0878. The van der Waals surface area contributed by atoms with E-state index in [1.807, 2.05) is 6.26 Å². The Hall–Kier alpha value is -0.740. The van der Waals surface area contributed by atoms with Gasteiger partial charge in [-0.25, -0.2) is 4.39 Å². The first-order valence-corrected chi connectivity index (χ1v) is 5.80. The lowest BCUT2D eigenvalue weighted by Crippen LogP contribution is -2.01. The first-order valence-electron chi connectivity index (χ1n) is 4.20. The quantitative estimate of drug-likeness (QED) is 0.607. The molecule has 0 unspecified atom stereocenters. The normalized spacial score (nSPS) is 10.1. The molecule has 1 aromatic carbocycles. The van der Waals surface area contributed by atoms with Crippen LogP contribution in [-0.4, -0.2) is 12.2 Å². The number of hydrogen-bond donors (Lipinski definition) is 0. The first-order chi connectivity index (χ1) is 7.04. The number of carbonyl (C=O) groups is 1. The SMILES string of the molecule is CSc1cc(F)c(COC(C)=O)cc1Cl. The summed E-state index contributed by atoms with van der Waals surface area (Å²) in [5, 5.41) is 0.464. The fraction of sp³-hybridized carbons (Fsp3) is 0.300. The molecule has 0 amide bonds. The molecule has 1 aromatic rings. The van der Waals surface area contributed by atoms with Crippen molar-refractivity contribution in [2.75, 3.05) is 6.26 Å². The van der Waals surface area contributed by atoms with Gasteiger partial charge in [0.25, 0.3) is 0 Å². The molecular formula is C10H10ClFO2S. The molecule has 0 aliphatic heterocycles. The molecule has 0 saturated carbocycles. The zero-order chi connectivity index (χ0) is 11.4. The zero-order valence-electron chi connectivity index (χ0n) is 8.34. The molecule has 0 spiro atoms. The van der Waals surface area contributed by atoms with E-state index in [0.717, 1.165) is 0 Å². The molecule has 0 bridgehead atoms. The Bertz CT molecular complexity index is 382. The number of thioether (sulfide) groups is 1. The van der Waals surface area contributed by atoms with Gasteiger partial charge in [0.2, 0.25) is 0 Å². The molecular weight excluding hydrogens is 239 g/mol. The van der Waals surface area contributed by atoms with Gasteiger partial charge >= 0.3 is 5.97 Å². The van der Waals surface area contributed by atoms with E-state index < -0.39 is 11.8 Å². The van der Waals surface area contributed by atoms with Crippen LogP contribution in [0.15, 0.2) is 17.0 Å². The maximum atomic E-state index is 13.4. The average molecular weight is 249 g/mol. The fourth-order valence-corrected chi connectivity index (χ4v) is 1.91. The van der Waals surface area contributed by atoms with E-state index in [4.69, 9.17) is 16.3 Å². The Labute approximate surface area is 96.8 Å². The molecule has 1 rings (SSSR count). The second-order valence-corrected chi connectivity index (χ2v) is 4.11. The predicted octanol–water partition coefficient (Wildman–Crippen LogP) is 3.26. The van der Waals surface area contributed by atoms with Gasteiger partial charge in [-0.3, -0.25) is 4.79 Å². The Kier molecular flexibility index (Phi) is 4.42. The molecule has 15 heavy (non-hydrogen) atoms. The van der Waals surface area contributed by atoms with Crippen LogP contribution in [0.3, 0.4) is 0 Å². The van der Waals surface area contributed by atoms with Crippen LogP contribution in [0.1, 0.15) is 12.5 Å². The summed E-state index contributed by atoms with van der Waals surface area (Å²) >= 11 is 7.25. The smallest absolute Gasteiger partial charge is 0.302 e. The van der Waals surface area contributed by atoms with Crippen LogP contribution in [-0.2, 0) is 16.1 Å². The second-order valence-electron chi connectivity index (χ2n) is 2.86. The Morgan fingerprint density at radius 2 is 2.27 bits per heavy atom. The molecule has 0 fully saturated rings. The minimum atomic E-state index is -0.445. The van der Waals surface area contributed by atoms with Crippen molar-refractivity contribution < 1.29 is 13.9 Å². The monoisotopic (exact) mass is 248 g/mol. The average Bonchev–Trinajstić information content (AvgIpc) is 2.18. The maximum absolute atomic E-state index is 13.4. The van der Waals surface area contributed by atoms with Gasteiger partial charge in [-0.05, 0) is 18.4 Å². The molecule has 0 saturated heterocycles. The van der Waals surface area contributed by atoms with Crippen molar-refractivity contribution >= 4 is 29.3 Å². The van der Waals surface area contributed by atoms with Gasteiger partial charge in [-0.2, -0.15) is 0 Å². The third kappa shape index (κ3) is 3.39. The predicted molar refractivity (Wildman–Crippen MR) is 58.7 cm³/mol. The van der Waals surface area contributed by atoms with E-state index in [-0.39, 0.29) is 12.2 Å². The second kappa shape index (κ2) is 5.37. The third-order valence-electron chi connectivity index (χ3n) is 1.75. The van der Waals surface area contributed by atoms with Gasteiger partial charge in [0, 0.05) is 17.4 Å². The van der Waals surface area contributed by atoms with Gasteiger partial charge in [-0.1, -0.05) is 11.6 Å². The summed E-state index contributed by atoms with van der Waals surface area (Å²) < 4.78 is 18.1. The van der Waals surface area contributed by atoms with Crippen molar-refractivity contribution in [3.8, 4) is 0 Å².